The molecular formula is C22H18Cl2F3N3O3S. The fraction of sp³-hybridized carbons (Fsp3) is 0.318. The Morgan fingerprint density at radius 2 is 1.85 bits per heavy atom. The van der Waals surface area contributed by atoms with Gasteiger partial charge in [0, 0.05) is 38.2 Å². The van der Waals surface area contributed by atoms with Crippen LogP contribution in [0.5, 0.6) is 0 Å². The molecule has 1 atom stereocenters. The molecule has 0 radical (unpaired) electrons. The minimum Gasteiger partial charge on any atom is -0.410 e. The van der Waals surface area contributed by atoms with E-state index in [0.29, 0.717) is 11.1 Å². The summed E-state index contributed by atoms with van der Waals surface area (Å²) in [5.41, 5.74) is -4.20. The molecule has 0 saturated carbocycles. The van der Waals surface area contributed by atoms with E-state index < -0.39 is 23.1 Å². The van der Waals surface area contributed by atoms with Gasteiger partial charge >= 0.3 is 11.8 Å². The molecule has 0 aromatic heterocycles. The Morgan fingerprint density at radius 3 is 2.35 bits per heavy atom. The van der Waals surface area contributed by atoms with Gasteiger partial charge in [0.1, 0.15) is 5.71 Å². The van der Waals surface area contributed by atoms with Crippen molar-refractivity contribution >= 4 is 52.3 Å². The summed E-state index contributed by atoms with van der Waals surface area (Å²) in [4.78, 5) is 17.6. The number of carbonyl (C=O) groups excluding carboxylic acids is 1. The maximum Gasteiger partial charge on any atom is 0.441 e. The Bertz CT molecular complexity index is 1210. The predicted octanol–water partition coefficient (Wildman–Crippen LogP) is 5.56. The zero-order valence-corrected chi connectivity index (χ0v) is 20.2. The van der Waals surface area contributed by atoms with Crippen LogP contribution in [-0.4, -0.2) is 45.8 Å². The molecule has 2 aliphatic rings. The zero-order chi connectivity index (χ0) is 24.9. The fourth-order valence-electron chi connectivity index (χ4n) is 3.86. The van der Waals surface area contributed by atoms with Crippen LogP contribution in [0.3, 0.4) is 0 Å². The summed E-state index contributed by atoms with van der Waals surface area (Å²) in [7, 11) is 0. The van der Waals surface area contributed by atoms with Crippen LogP contribution in [0.1, 0.15) is 34.0 Å². The fourth-order valence-corrected chi connectivity index (χ4v) is 5.35. The number of alkyl halides is 3. The Labute approximate surface area is 207 Å². The van der Waals surface area contributed by atoms with Crippen molar-refractivity contribution in [1.82, 2.24) is 5.32 Å². The van der Waals surface area contributed by atoms with Gasteiger partial charge in [0.2, 0.25) is 0 Å². The molecule has 1 amide bonds. The summed E-state index contributed by atoms with van der Waals surface area (Å²) in [5, 5.41) is 19.1. The third-order valence-electron chi connectivity index (χ3n) is 5.60. The molecule has 1 unspecified atom stereocenters. The Balaban J connectivity index is 1.72. The number of nitrogens with zero attached hydrogens (tertiary/aromatic N) is 2. The van der Waals surface area contributed by atoms with Crippen LogP contribution in [0, 0.1) is 6.92 Å². The largest absolute Gasteiger partial charge is 0.441 e. The van der Waals surface area contributed by atoms with Crippen LogP contribution in [0.4, 0.5) is 13.2 Å². The van der Waals surface area contributed by atoms with Gasteiger partial charge in [-0.1, -0.05) is 39.6 Å². The van der Waals surface area contributed by atoms with Crippen LogP contribution in [0.15, 0.2) is 46.7 Å². The highest BCUT2D eigenvalue weighted by Gasteiger charge is 2.67. The Kier molecular flexibility index (Phi) is 6.28. The molecule has 2 N–H and O–H groups in total. The molecule has 6 nitrogen and oxygen atoms in total. The van der Waals surface area contributed by atoms with E-state index in [1.807, 2.05) is 6.92 Å². The predicted molar refractivity (Wildman–Crippen MR) is 125 cm³/mol. The Morgan fingerprint density at radius 1 is 1.21 bits per heavy atom. The van der Waals surface area contributed by atoms with Crippen LogP contribution in [0.25, 0.3) is 0 Å². The third-order valence-corrected chi connectivity index (χ3v) is 7.72. The highest BCUT2D eigenvalue weighted by molar-refractivity contribution is 8.00. The summed E-state index contributed by atoms with van der Waals surface area (Å²) in [6, 6.07) is 7.68. The minimum absolute atomic E-state index is 0.0646. The molecule has 0 aliphatic carbocycles. The summed E-state index contributed by atoms with van der Waals surface area (Å²) in [6.07, 6.45) is -5.08. The second-order valence-electron chi connectivity index (χ2n) is 8.35. The monoisotopic (exact) mass is 531 g/mol. The van der Waals surface area contributed by atoms with E-state index >= 15 is 0 Å². The van der Waals surface area contributed by atoms with Crippen molar-refractivity contribution < 1.29 is 28.0 Å². The molecule has 2 aromatic carbocycles. The highest BCUT2D eigenvalue weighted by Crippen LogP contribution is 2.48. The number of hydrogen-bond donors (Lipinski definition) is 2. The molecule has 2 heterocycles. The van der Waals surface area contributed by atoms with Crippen molar-refractivity contribution in [3.8, 4) is 0 Å². The van der Waals surface area contributed by atoms with Crippen LogP contribution in [0.2, 0.25) is 10.0 Å². The van der Waals surface area contributed by atoms with Gasteiger partial charge in [-0.2, -0.15) is 24.9 Å². The van der Waals surface area contributed by atoms with E-state index in [-0.39, 0.29) is 32.8 Å². The number of thioether (sulfide) groups is 1. The van der Waals surface area contributed by atoms with Crippen LogP contribution in [-0.2, 0) is 10.4 Å². The number of benzene rings is 2. The number of rotatable bonds is 4. The Hall–Kier alpha value is -2.43. The molecule has 12 heteroatoms. The van der Waals surface area contributed by atoms with Crippen LogP contribution >= 0.6 is 35.0 Å². The molecule has 180 valence electrons. The first kappa shape index (κ1) is 24.7. The quantitative estimate of drug-likeness (QED) is 0.399. The molecule has 4 rings (SSSR count). The molecule has 2 aliphatic heterocycles. The first-order valence-electron chi connectivity index (χ1n) is 9.94. The molecule has 0 bridgehead atoms. The van der Waals surface area contributed by atoms with Gasteiger partial charge in [-0.15, -0.1) is 0 Å². The van der Waals surface area contributed by atoms with Crippen molar-refractivity contribution in [2.45, 2.75) is 31.2 Å². The number of halogens is 5. The van der Waals surface area contributed by atoms with Gasteiger partial charge in [0.15, 0.2) is 5.71 Å². The van der Waals surface area contributed by atoms with E-state index in [9.17, 15) is 23.2 Å². The van der Waals surface area contributed by atoms with E-state index in [0.717, 1.165) is 23.6 Å². The lowest BCUT2D eigenvalue weighted by Crippen LogP contribution is -2.55. The van der Waals surface area contributed by atoms with Gasteiger partial charge in [-0.25, -0.2) is 0 Å². The lowest BCUT2D eigenvalue weighted by molar-refractivity contribution is -0.250. The second kappa shape index (κ2) is 8.66. The van der Waals surface area contributed by atoms with Gasteiger partial charge < -0.3 is 15.4 Å². The summed E-state index contributed by atoms with van der Waals surface area (Å²) < 4.78 is 43.2. The lowest BCUT2D eigenvalue weighted by Gasteiger charge is -2.38. The number of nitrogens with one attached hydrogen (secondary N) is 1. The average Bonchev–Trinajstić information content (AvgIpc) is 3.12. The highest BCUT2D eigenvalue weighted by atomic mass is 35.5. The normalized spacial score (nSPS) is 22.7. The zero-order valence-electron chi connectivity index (χ0n) is 17.8. The smallest absolute Gasteiger partial charge is 0.410 e. The second-order valence-corrected chi connectivity index (χ2v) is 10.2. The SMILES string of the molecule is Cc1cc(C2=NOC(c3cc(Cl)cc(Cl)c3)(C(F)(F)F)/C2=N/O)ccc1C(=O)NC1(C)CSC1. The van der Waals surface area contributed by atoms with Crippen molar-refractivity contribution in [2.24, 2.45) is 10.3 Å². The van der Waals surface area contributed by atoms with Crippen LogP contribution < -0.4 is 5.32 Å². The van der Waals surface area contributed by atoms with Gasteiger partial charge in [0.05, 0.1) is 5.54 Å². The molecule has 1 saturated heterocycles. The maximum atomic E-state index is 14.4. The third kappa shape index (κ3) is 4.12. The van der Waals surface area contributed by atoms with E-state index in [1.165, 1.54) is 24.3 Å². The molecule has 1 fully saturated rings. The summed E-state index contributed by atoms with van der Waals surface area (Å²) >= 11 is 13.6. The number of oxime groups is 2. The van der Waals surface area contributed by atoms with Gasteiger partial charge in [-0.05, 0) is 49.7 Å². The first-order chi connectivity index (χ1) is 15.9. The molecule has 34 heavy (non-hydrogen) atoms. The lowest BCUT2D eigenvalue weighted by atomic mass is 9.84. The standard InChI is InChI=1S/C22H18Cl2F3N3O3S/c1-11-5-12(3-4-16(11)19(31)28-20(2)9-34-10-20)17-18(29-32)21(33-30-17,22(25,26)27)13-6-14(23)8-15(24)7-13/h3-8,32H,9-10H2,1-2H3,(H,28,31)/b29-18+. The number of carbonyl (C=O) groups is 1. The summed E-state index contributed by atoms with van der Waals surface area (Å²) in [6.45, 7) is 3.59. The van der Waals surface area contributed by atoms with E-state index in [4.69, 9.17) is 28.0 Å². The number of amides is 1. The van der Waals surface area contributed by atoms with Crippen molar-refractivity contribution in [3.05, 3.63) is 68.7 Å². The average molecular weight is 532 g/mol. The maximum absolute atomic E-state index is 14.4. The minimum atomic E-state index is -5.08. The molecular weight excluding hydrogens is 514 g/mol. The van der Waals surface area contributed by atoms with Crippen molar-refractivity contribution in [2.75, 3.05) is 11.5 Å². The number of hydrogen-bond acceptors (Lipinski definition) is 6. The van der Waals surface area contributed by atoms with E-state index in [2.05, 4.69) is 15.6 Å². The molecule has 0 spiro atoms. The van der Waals surface area contributed by atoms with E-state index in [1.54, 1.807) is 18.7 Å². The topological polar surface area (TPSA) is 83.3 Å². The summed E-state index contributed by atoms with van der Waals surface area (Å²) in [5.74, 6) is 1.31. The van der Waals surface area contributed by atoms with Crippen molar-refractivity contribution in [3.63, 3.8) is 0 Å². The molecule has 2 aromatic rings. The van der Waals surface area contributed by atoms with Crippen molar-refractivity contribution in [1.29, 1.82) is 0 Å². The number of aryl methyl sites for hydroxylation is 1. The van der Waals surface area contributed by atoms with Gasteiger partial charge in [0.25, 0.3) is 5.91 Å². The van der Waals surface area contributed by atoms with Gasteiger partial charge in [-0.3, -0.25) is 4.79 Å². The first-order valence-corrected chi connectivity index (χ1v) is 11.8.